The number of carbonyl (C=O) groups is 1. The quantitative estimate of drug-likeness (QED) is 0.547. The Hall–Kier alpha value is -3.20. The van der Waals surface area contributed by atoms with E-state index in [2.05, 4.69) is 15.5 Å². The fourth-order valence-electron chi connectivity index (χ4n) is 2.74. The minimum atomic E-state index is -0.515. The highest BCUT2D eigenvalue weighted by Gasteiger charge is 2.17. The number of nitrogens with zero attached hydrogens (tertiary/aromatic N) is 3. The summed E-state index contributed by atoms with van der Waals surface area (Å²) in [5.74, 6) is -0.859. The number of amides is 1. The summed E-state index contributed by atoms with van der Waals surface area (Å²) in [6, 6.07) is 9.11. The van der Waals surface area contributed by atoms with E-state index in [0.717, 1.165) is 6.42 Å². The van der Waals surface area contributed by atoms with E-state index in [1.807, 2.05) is 18.4 Å². The Bertz CT molecular complexity index is 1150. The molecule has 0 saturated carbocycles. The molecule has 0 fully saturated rings. The fourth-order valence-corrected chi connectivity index (χ4v) is 3.65. The highest BCUT2D eigenvalue weighted by molar-refractivity contribution is 7.10. The number of oxazole rings is 1. The van der Waals surface area contributed by atoms with Crippen LogP contribution in [0.2, 0.25) is 0 Å². The number of fused-ring (bicyclic) bond motifs is 1. The number of nitrogens with one attached hydrogen (secondary N) is 1. The summed E-state index contributed by atoms with van der Waals surface area (Å²) in [7, 11) is 0. The molecular weight excluding hydrogens is 368 g/mol. The van der Waals surface area contributed by atoms with Crippen molar-refractivity contribution in [3.63, 3.8) is 0 Å². The summed E-state index contributed by atoms with van der Waals surface area (Å²) in [4.78, 5) is 29.5. The first-order valence-corrected chi connectivity index (χ1v) is 9.22. The second kappa shape index (κ2) is 7.20. The third-order valence-corrected chi connectivity index (χ3v) is 5.22. The number of para-hydroxylation sites is 2. The third kappa shape index (κ3) is 3.54. The van der Waals surface area contributed by atoms with Crippen LogP contribution in [0.3, 0.4) is 0 Å². The monoisotopic (exact) mass is 384 g/mol. The van der Waals surface area contributed by atoms with E-state index in [-0.39, 0.29) is 18.3 Å². The van der Waals surface area contributed by atoms with Crippen molar-refractivity contribution in [2.75, 3.05) is 6.54 Å². The highest BCUT2D eigenvalue weighted by atomic mass is 32.1. The van der Waals surface area contributed by atoms with Gasteiger partial charge in [0.2, 0.25) is 0 Å². The van der Waals surface area contributed by atoms with Crippen LogP contribution in [0, 0.1) is 6.92 Å². The van der Waals surface area contributed by atoms with E-state index in [0.29, 0.717) is 17.6 Å². The van der Waals surface area contributed by atoms with Crippen LogP contribution >= 0.6 is 11.3 Å². The average Bonchev–Trinajstić information content (AvgIpc) is 3.36. The largest absolute Gasteiger partial charge is 0.420 e. The van der Waals surface area contributed by atoms with E-state index < -0.39 is 11.7 Å². The fraction of sp³-hybridized carbons (Fsp3) is 0.222. The van der Waals surface area contributed by atoms with Crippen LogP contribution < -0.4 is 11.1 Å². The molecular formula is C18H16N4O4S. The van der Waals surface area contributed by atoms with Crippen LogP contribution in [0.15, 0.2) is 49.4 Å². The first kappa shape index (κ1) is 17.2. The second-order valence-electron chi connectivity index (χ2n) is 5.97. The van der Waals surface area contributed by atoms with Crippen LogP contribution in [-0.2, 0) is 13.0 Å². The third-order valence-electron chi connectivity index (χ3n) is 4.14. The van der Waals surface area contributed by atoms with Crippen LogP contribution in [0.4, 0.5) is 0 Å². The number of carbonyl (C=O) groups excluding carboxylic acids is 1. The lowest BCUT2D eigenvalue weighted by Gasteiger charge is -2.01. The van der Waals surface area contributed by atoms with Gasteiger partial charge in [0.15, 0.2) is 11.4 Å². The lowest BCUT2D eigenvalue weighted by Crippen LogP contribution is -2.26. The van der Waals surface area contributed by atoms with Gasteiger partial charge >= 0.3 is 17.6 Å². The molecule has 0 bridgehead atoms. The van der Waals surface area contributed by atoms with Gasteiger partial charge in [0.1, 0.15) is 0 Å². The van der Waals surface area contributed by atoms with E-state index in [1.165, 1.54) is 15.0 Å². The molecule has 1 amide bonds. The first-order chi connectivity index (χ1) is 13.1. The molecule has 3 heterocycles. The summed E-state index contributed by atoms with van der Waals surface area (Å²) in [5, 5.41) is 8.57. The van der Waals surface area contributed by atoms with Gasteiger partial charge in [0.25, 0.3) is 0 Å². The zero-order valence-electron chi connectivity index (χ0n) is 14.5. The Kier molecular flexibility index (Phi) is 4.59. The minimum Gasteiger partial charge on any atom is -0.408 e. The van der Waals surface area contributed by atoms with Crippen molar-refractivity contribution in [1.82, 2.24) is 20.0 Å². The molecule has 0 unspecified atom stereocenters. The van der Waals surface area contributed by atoms with Crippen LogP contribution in [0.5, 0.6) is 0 Å². The van der Waals surface area contributed by atoms with Gasteiger partial charge in [-0.2, -0.15) is 4.98 Å². The Morgan fingerprint density at radius 1 is 1.30 bits per heavy atom. The number of aryl methyl sites for hydroxylation is 1. The van der Waals surface area contributed by atoms with Gasteiger partial charge in [-0.15, -0.1) is 11.3 Å². The number of benzene rings is 1. The van der Waals surface area contributed by atoms with E-state index in [9.17, 15) is 9.59 Å². The summed E-state index contributed by atoms with van der Waals surface area (Å²) in [6.07, 6.45) is 0.743. The first-order valence-electron chi connectivity index (χ1n) is 8.34. The van der Waals surface area contributed by atoms with Crippen molar-refractivity contribution in [2.45, 2.75) is 19.9 Å². The van der Waals surface area contributed by atoms with Gasteiger partial charge in [0, 0.05) is 11.4 Å². The Balaban J connectivity index is 1.42. The van der Waals surface area contributed by atoms with Crippen molar-refractivity contribution in [2.24, 2.45) is 0 Å². The smallest absolute Gasteiger partial charge is 0.408 e. The van der Waals surface area contributed by atoms with Crippen molar-refractivity contribution in [1.29, 1.82) is 0 Å². The Morgan fingerprint density at radius 2 is 2.15 bits per heavy atom. The number of thiophene rings is 1. The number of rotatable bonds is 6. The van der Waals surface area contributed by atoms with E-state index in [1.54, 1.807) is 35.6 Å². The molecule has 0 radical (unpaired) electrons. The molecule has 0 aliphatic carbocycles. The predicted octanol–water partition coefficient (Wildman–Crippen LogP) is 2.37. The zero-order valence-corrected chi connectivity index (χ0v) is 15.3. The van der Waals surface area contributed by atoms with Gasteiger partial charge < -0.3 is 14.3 Å². The summed E-state index contributed by atoms with van der Waals surface area (Å²) in [5.41, 5.74) is 2.32. The molecule has 0 saturated heterocycles. The van der Waals surface area contributed by atoms with Crippen molar-refractivity contribution in [3.8, 4) is 0 Å². The summed E-state index contributed by atoms with van der Waals surface area (Å²) < 4.78 is 11.6. The van der Waals surface area contributed by atoms with Crippen LogP contribution in [0.25, 0.3) is 11.1 Å². The van der Waals surface area contributed by atoms with Gasteiger partial charge in [-0.3, -0.25) is 9.36 Å². The molecule has 8 nitrogen and oxygen atoms in total. The lowest BCUT2D eigenvalue weighted by atomic mass is 10.2. The Labute approximate surface area is 157 Å². The van der Waals surface area contributed by atoms with Crippen LogP contribution in [0.1, 0.15) is 27.0 Å². The molecule has 1 N–H and O–H groups in total. The minimum absolute atomic E-state index is 0.0566. The maximum atomic E-state index is 12.2. The van der Waals surface area contributed by atoms with Crippen molar-refractivity contribution >= 4 is 28.3 Å². The second-order valence-corrected chi connectivity index (χ2v) is 6.97. The maximum Gasteiger partial charge on any atom is 0.420 e. The van der Waals surface area contributed by atoms with Gasteiger partial charge in [0.05, 0.1) is 12.1 Å². The predicted molar refractivity (Wildman–Crippen MR) is 99.0 cm³/mol. The van der Waals surface area contributed by atoms with E-state index >= 15 is 0 Å². The molecule has 4 rings (SSSR count). The van der Waals surface area contributed by atoms with Crippen molar-refractivity contribution in [3.05, 3.63) is 68.4 Å². The molecule has 9 heteroatoms. The number of aromatic nitrogens is 3. The standard InChI is InChI=1S/C18H16N4O4S/c1-11-7-9-27-14(11)6-8-19-16(23)17-20-15(21-26-17)10-22-12-4-2-3-5-13(12)25-18(22)24/h2-5,7,9H,6,8,10H2,1H3,(H,19,23). The highest BCUT2D eigenvalue weighted by Crippen LogP contribution is 2.15. The van der Waals surface area contributed by atoms with Gasteiger partial charge in [-0.05, 0) is 42.5 Å². The maximum absolute atomic E-state index is 12.2. The van der Waals surface area contributed by atoms with Crippen molar-refractivity contribution < 1.29 is 13.7 Å². The molecule has 0 aliphatic rings. The molecule has 0 aliphatic heterocycles. The molecule has 0 spiro atoms. The van der Waals surface area contributed by atoms with Gasteiger partial charge in [-0.25, -0.2) is 4.79 Å². The molecule has 3 aromatic heterocycles. The summed E-state index contributed by atoms with van der Waals surface area (Å²) in [6.45, 7) is 2.57. The molecule has 4 aromatic rings. The SMILES string of the molecule is Cc1ccsc1CCNC(=O)c1nc(Cn2c(=O)oc3ccccc32)no1. The number of hydrogen-bond donors (Lipinski definition) is 1. The zero-order chi connectivity index (χ0) is 18.8. The summed E-state index contributed by atoms with van der Waals surface area (Å²) >= 11 is 1.66. The van der Waals surface area contributed by atoms with E-state index in [4.69, 9.17) is 8.94 Å². The number of hydrogen-bond acceptors (Lipinski definition) is 7. The topological polar surface area (TPSA) is 103 Å². The molecule has 1 aromatic carbocycles. The Morgan fingerprint density at radius 3 is 2.96 bits per heavy atom. The molecule has 27 heavy (non-hydrogen) atoms. The lowest BCUT2D eigenvalue weighted by molar-refractivity contribution is 0.0910. The molecule has 138 valence electrons. The van der Waals surface area contributed by atoms with Gasteiger partial charge in [-0.1, -0.05) is 17.3 Å². The normalized spacial score (nSPS) is 11.1. The average molecular weight is 384 g/mol. The molecule has 0 atom stereocenters. The van der Waals surface area contributed by atoms with Crippen LogP contribution in [-0.4, -0.2) is 27.2 Å².